The number of nitrogens with zero attached hydrogens (tertiary/aromatic N) is 2. The fourth-order valence-electron chi connectivity index (χ4n) is 2.13. The van der Waals surface area contributed by atoms with Gasteiger partial charge in [0.05, 0.1) is 6.33 Å². The molecule has 1 aromatic rings. The molecule has 12 heavy (non-hydrogen) atoms. The number of rotatable bonds is 2. The van der Waals surface area contributed by atoms with Gasteiger partial charge in [-0.1, -0.05) is 13.3 Å². The third kappa shape index (κ3) is 1.26. The van der Waals surface area contributed by atoms with E-state index in [-0.39, 0.29) is 0 Å². The Hall–Kier alpha value is -0.790. The van der Waals surface area contributed by atoms with Crippen molar-refractivity contribution in [1.29, 1.82) is 0 Å². The van der Waals surface area contributed by atoms with Gasteiger partial charge in [-0.3, -0.25) is 0 Å². The lowest BCUT2D eigenvalue weighted by Gasteiger charge is -2.24. The standard InChI is InChI=1S/C10H16N2/c1-2-4-9-5-3-6-10-7-11-8-12(9)10/h7-9H,2-6H2,1H3. The van der Waals surface area contributed by atoms with Gasteiger partial charge in [-0.05, 0) is 25.7 Å². The molecule has 0 saturated heterocycles. The highest BCUT2D eigenvalue weighted by Crippen LogP contribution is 2.27. The second-order valence-electron chi connectivity index (χ2n) is 3.63. The molecule has 0 N–H and O–H groups in total. The van der Waals surface area contributed by atoms with Crippen molar-refractivity contribution in [3.8, 4) is 0 Å². The zero-order valence-electron chi connectivity index (χ0n) is 7.66. The van der Waals surface area contributed by atoms with Crippen LogP contribution in [0.4, 0.5) is 0 Å². The van der Waals surface area contributed by atoms with E-state index in [1.54, 1.807) is 0 Å². The van der Waals surface area contributed by atoms with Gasteiger partial charge in [-0.25, -0.2) is 4.98 Å². The van der Waals surface area contributed by atoms with E-state index in [0.29, 0.717) is 0 Å². The van der Waals surface area contributed by atoms with Crippen LogP contribution in [0.2, 0.25) is 0 Å². The number of imidazole rings is 1. The van der Waals surface area contributed by atoms with Crippen LogP contribution in [0.5, 0.6) is 0 Å². The summed E-state index contributed by atoms with van der Waals surface area (Å²) < 4.78 is 2.37. The summed E-state index contributed by atoms with van der Waals surface area (Å²) in [6, 6.07) is 0.737. The van der Waals surface area contributed by atoms with Crippen LogP contribution >= 0.6 is 0 Å². The molecule has 0 bridgehead atoms. The Morgan fingerprint density at radius 3 is 3.42 bits per heavy atom. The number of hydrogen-bond acceptors (Lipinski definition) is 1. The summed E-state index contributed by atoms with van der Waals surface area (Å²) in [4.78, 5) is 4.20. The summed E-state index contributed by atoms with van der Waals surface area (Å²) in [5.74, 6) is 0. The molecule has 1 unspecified atom stereocenters. The average Bonchev–Trinajstić information content (AvgIpc) is 2.53. The lowest BCUT2D eigenvalue weighted by Crippen LogP contribution is -2.16. The van der Waals surface area contributed by atoms with Gasteiger partial charge in [0.25, 0.3) is 0 Å². The molecule has 0 aliphatic carbocycles. The minimum atomic E-state index is 0.737. The van der Waals surface area contributed by atoms with Crippen molar-refractivity contribution in [3.63, 3.8) is 0 Å². The van der Waals surface area contributed by atoms with E-state index in [1.807, 2.05) is 12.5 Å². The third-order valence-electron chi connectivity index (χ3n) is 2.73. The van der Waals surface area contributed by atoms with Gasteiger partial charge >= 0.3 is 0 Å². The molecular weight excluding hydrogens is 148 g/mol. The maximum atomic E-state index is 4.20. The highest BCUT2D eigenvalue weighted by atomic mass is 15.1. The molecule has 66 valence electrons. The third-order valence-corrected chi connectivity index (χ3v) is 2.73. The fraction of sp³-hybridized carbons (Fsp3) is 0.700. The van der Waals surface area contributed by atoms with Crippen LogP contribution in [-0.2, 0) is 6.42 Å². The molecule has 0 aromatic carbocycles. The van der Waals surface area contributed by atoms with Gasteiger partial charge in [0.1, 0.15) is 0 Å². The lowest BCUT2D eigenvalue weighted by atomic mass is 9.99. The van der Waals surface area contributed by atoms with E-state index in [1.165, 1.54) is 37.8 Å². The van der Waals surface area contributed by atoms with Crippen LogP contribution in [0.3, 0.4) is 0 Å². The summed E-state index contributed by atoms with van der Waals surface area (Å²) in [6.07, 6.45) is 10.5. The first-order chi connectivity index (χ1) is 5.92. The van der Waals surface area contributed by atoms with Crippen LogP contribution in [0.15, 0.2) is 12.5 Å². The average molecular weight is 164 g/mol. The maximum Gasteiger partial charge on any atom is 0.0950 e. The second kappa shape index (κ2) is 3.30. The van der Waals surface area contributed by atoms with Crippen LogP contribution in [0, 0.1) is 0 Å². The molecule has 2 rings (SSSR count). The molecule has 2 heteroatoms. The Kier molecular flexibility index (Phi) is 2.15. The second-order valence-corrected chi connectivity index (χ2v) is 3.63. The monoisotopic (exact) mass is 164 g/mol. The maximum absolute atomic E-state index is 4.20. The molecule has 0 fully saturated rings. The predicted octanol–water partition coefficient (Wildman–Crippen LogP) is 2.56. The van der Waals surface area contributed by atoms with Crippen LogP contribution in [-0.4, -0.2) is 9.55 Å². The van der Waals surface area contributed by atoms with Crippen molar-refractivity contribution in [3.05, 3.63) is 18.2 Å². The Labute approximate surface area is 73.6 Å². The van der Waals surface area contributed by atoms with E-state index < -0.39 is 0 Å². The van der Waals surface area contributed by atoms with Crippen molar-refractivity contribution in [1.82, 2.24) is 9.55 Å². The summed E-state index contributed by atoms with van der Waals surface area (Å²) in [7, 11) is 0. The van der Waals surface area contributed by atoms with Crippen molar-refractivity contribution >= 4 is 0 Å². The van der Waals surface area contributed by atoms with Gasteiger partial charge in [-0.15, -0.1) is 0 Å². The van der Waals surface area contributed by atoms with Crippen molar-refractivity contribution in [2.24, 2.45) is 0 Å². The van der Waals surface area contributed by atoms with Crippen molar-refractivity contribution < 1.29 is 0 Å². The van der Waals surface area contributed by atoms with E-state index in [0.717, 1.165) is 6.04 Å². The van der Waals surface area contributed by atoms with Crippen molar-refractivity contribution in [2.75, 3.05) is 0 Å². The first-order valence-electron chi connectivity index (χ1n) is 4.92. The van der Waals surface area contributed by atoms with Gasteiger partial charge in [0, 0.05) is 17.9 Å². The van der Waals surface area contributed by atoms with Crippen LogP contribution in [0.1, 0.15) is 44.3 Å². The minimum absolute atomic E-state index is 0.737. The summed E-state index contributed by atoms with van der Waals surface area (Å²) >= 11 is 0. The molecule has 1 atom stereocenters. The number of fused-ring (bicyclic) bond motifs is 1. The SMILES string of the molecule is CCCC1CCCc2cncn21. The normalized spacial score (nSPS) is 22.2. The fourth-order valence-corrected chi connectivity index (χ4v) is 2.13. The Bertz CT molecular complexity index is 252. The lowest BCUT2D eigenvalue weighted by molar-refractivity contribution is 0.376. The Morgan fingerprint density at radius 1 is 1.67 bits per heavy atom. The van der Waals surface area contributed by atoms with Gasteiger partial charge in [0.15, 0.2) is 0 Å². The minimum Gasteiger partial charge on any atom is -0.332 e. The highest BCUT2D eigenvalue weighted by molar-refractivity contribution is 5.03. The van der Waals surface area contributed by atoms with E-state index in [9.17, 15) is 0 Å². The molecule has 0 spiro atoms. The molecule has 0 radical (unpaired) electrons. The molecular formula is C10H16N2. The Balaban J connectivity index is 2.19. The van der Waals surface area contributed by atoms with Gasteiger partial charge in [-0.2, -0.15) is 0 Å². The highest BCUT2D eigenvalue weighted by Gasteiger charge is 2.17. The molecule has 0 saturated carbocycles. The Morgan fingerprint density at radius 2 is 2.58 bits per heavy atom. The molecule has 1 aromatic heterocycles. The largest absolute Gasteiger partial charge is 0.332 e. The van der Waals surface area contributed by atoms with Crippen LogP contribution in [0.25, 0.3) is 0 Å². The topological polar surface area (TPSA) is 17.8 Å². The summed E-state index contributed by atoms with van der Waals surface area (Å²) in [6.45, 7) is 2.26. The number of aromatic nitrogens is 2. The van der Waals surface area contributed by atoms with Crippen molar-refractivity contribution in [2.45, 2.75) is 45.1 Å². The number of aryl methyl sites for hydroxylation is 1. The molecule has 2 nitrogen and oxygen atoms in total. The van der Waals surface area contributed by atoms with E-state index in [2.05, 4.69) is 16.5 Å². The summed E-state index contributed by atoms with van der Waals surface area (Å²) in [5.41, 5.74) is 1.43. The van der Waals surface area contributed by atoms with Crippen LogP contribution < -0.4 is 0 Å². The molecule has 2 heterocycles. The van der Waals surface area contributed by atoms with Gasteiger partial charge < -0.3 is 4.57 Å². The zero-order valence-corrected chi connectivity index (χ0v) is 7.66. The quantitative estimate of drug-likeness (QED) is 0.657. The first kappa shape index (κ1) is 7.84. The summed E-state index contributed by atoms with van der Waals surface area (Å²) in [5, 5.41) is 0. The number of hydrogen-bond donors (Lipinski definition) is 0. The molecule has 1 aliphatic rings. The first-order valence-corrected chi connectivity index (χ1v) is 4.92. The van der Waals surface area contributed by atoms with E-state index in [4.69, 9.17) is 0 Å². The predicted molar refractivity (Wildman–Crippen MR) is 49.1 cm³/mol. The molecule has 0 amide bonds. The smallest absolute Gasteiger partial charge is 0.0950 e. The van der Waals surface area contributed by atoms with E-state index >= 15 is 0 Å². The zero-order chi connectivity index (χ0) is 8.39. The molecule has 1 aliphatic heterocycles. The van der Waals surface area contributed by atoms with Gasteiger partial charge in [0.2, 0.25) is 0 Å².